The van der Waals surface area contributed by atoms with Gasteiger partial charge >= 0.3 is 0 Å². The van der Waals surface area contributed by atoms with Crippen LogP contribution in [0.1, 0.15) is 22.8 Å². The maximum Gasteiger partial charge on any atom is 0.0841 e. The summed E-state index contributed by atoms with van der Waals surface area (Å²) < 4.78 is 0.982. The van der Waals surface area contributed by atoms with Crippen LogP contribution in [0.15, 0.2) is 59.2 Å². The minimum Gasteiger partial charge on any atom is -0.388 e. The van der Waals surface area contributed by atoms with Crippen molar-refractivity contribution in [1.82, 2.24) is 4.98 Å². The molecule has 2 aromatic carbocycles. The summed E-state index contributed by atoms with van der Waals surface area (Å²) in [5.41, 5.74) is 4.13. The normalized spacial score (nSPS) is 12.5. The van der Waals surface area contributed by atoms with E-state index in [1.807, 2.05) is 49.4 Å². The Morgan fingerprint density at radius 1 is 1.10 bits per heavy atom. The molecule has 0 bridgehead atoms. The van der Waals surface area contributed by atoms with Crippen LogP contribution in [0.5, 0.6) is 0 Å². The van der Waals surface area contributed by atoms with Gasteiger partial charge in [0.2, 0.25) is 0 Å². The lowest BCUT2D eigenvalue weighted by molar-refractivity contribution is 0.178. The highest BCUT2D eigenvalue weighted by molar-refractivity contribution is 9.10. The number of benzene rings is 2. The van der Waals surface area contributed by atoms with E-state index in [1.165, 1.54) is 0 Å². The maximum absolute atomic E-state index is 10.6. The van der Waals surface area contributed by atoms with Crippen LogP contribution in [0, 0.1) is 6.92 Å². The summed E-state index contributed by atoms with van der Waals surface area (Å²) in [5.74, 6) is 0. The lowest BCUT2D eigenvalue weighted by atomic mass is 9.98. The van der Waals surface area contributed by atoms with Gasteiger partial charge in [0.05, 0.1) is 11.6 Å². The predicted octanol–water partition coefficient (Wildman–Crippen LogP) is 4.58. The fourth-order valence-corrected chi connectivity index (χ4v) is 3.11. The van der Waals surface area contributed by atoms with E-state index in [1.54, 1.807) is 6.20 Å². The molecule has 0 aliphatic carbocycles. The standard InChI is InChI=1S/C18H16BrNO/c1-12-5-4-7-15(18(12)19)17(21)11-13-9-10-20-16-8-3-2-6-14(13)16/h2-10,17,21H,11H2,1H3. The van der Waals surface area contributed by atoms with Crippen molar-refractivity contribution in [2.24, 2.45) is 0 Å². The van der Waals surface area contributed by atoms with Gasteiger partial charge in [-0.1, -0.05) is 52.3 Å². The largest absolute Gasteiger partial charge is 0.388 e. The Morgan fingerprint density at radius 3 is 2.76 bits per heavy atom. The second-order valence-electron chi connectivity index (χ2n) is 5.19. The van der Waals surface area contributed by atoms with Crippen LogP contribution in [0.3, 0.4) is 0 Å². The van der Waals surface area contributed by atoms with Gasteiger partial charge in [-0.05, 0) is 35.7 Å². The molecule has 0 fully saturated rings. The van der Waals surface area contributed by atoms with Gasteiger partial charge in [-0.2, -0.15) is 0 Å². The third-order valence-corrected chi connectivity index (χ3v) is 4.82. The van der Waals surface area contributed by atoms with E-state index in [4.69, 9.17) is 0 Å². The van der Waals surface area contributed by atoms with Crippen molar-refractivity contribution in [3.8, 4) is 0 Å². The van der Waals surface area contributed by atoms with Crippen LogP contribution in [0.25, 0.3) is 10.9 Å². The Labute approximate surface area is 132 Å². The first kappa shape index (κ1) is 14.2. The zero-order chi connectivity index (χ0) is 14.8. The van der Waals surface area contributed by atoms with Crippen molar-refractivity contribution in [1.29, 1.82) is 0 Å². The summed E-state index contributed by atoms with van der Waals surface area (Å²) in [6, 6.07) is 16.0. The summed E-state index contributed by atoms with van der Waals surface area (Å²) in [6.45, 7) is 2.03. The summed E-state index contributed by atoms with van der Waals surface area (Å²) in [6.07, 6.45) is 1.84. The highest BCUT2D eigenvalue weighted by atomic mass is 79.9. The van der Waals surface area contributed by atoms with Crippen LogP contribution in [0.4, 0.5) is 0 Å². The Morgan fingerprint density at radius 2 is 1.90 bits per heavy atom. The van der Waals surface area contributed by atoms with Crippen molar-refractivity contribution in [3.63, 3.8) is 0 Å². The monoisotopic (exact) mass is 341 g/mol. The molecule has 2 nitrogen and oxygen atoms in total. The van der Waals surface area contributed by atoms with E-state index in [0.29, 0.717) is 6.42 Å². The molecule has 0 saturated carbocycles. The molecule has 106 valence electrons. The van der Waals surface area contributed by atoms with Gasteiger partial charge in [-0.25, -0.2) is 0 Å². The lowest BCUT2D eigenvalue weighted by Crippen LogP contribution is -2.04. The molecule has 21 heavy (non-hydrogen) atoms. The SMILES string of the molecule is Cc1cccc(C(O)Cc2ccnc3ccccc23)c1Br. The number of halogens is 1. The second-order valence-corrected chi connectivity index (χ2v) is 5.98. The van der Waals surface area contributed by atoms with Gasteiger partial charge in [0.1, 0.15) is 0 Å². The molecule has 3 aromatic rings. The molecule has 1 aromatic heterocycles. The zero-order valence-corrected chi connectivity index (χ0v) is 13.3. The molecule has 0 radical (unpaired) electrons. The highest BCUT2D eigenvalue weighted by Gasteiger charge is 2.14. The van der Waals surface area contributed by atoms with E-state index in [2.05, 4.69) is 27.0 Å². The van der Waals surface area contributed by atoms with Gasteiger partial charge < -0.3 is 5.11 Å². The average Bonchev–Trinajstić information content (AvgIpc) is 2.50. The quantitative estimate of drug-likeness (QED) is 0.756. The number of pyridine rings is 1. The molecular formula is C18H16BrNO. The van der Waals surface area contributed by atoms with Gasteiger partial charge in [0.25, 0.3) is 0 Å². The van der Waals surface area contributed by atoms with E-state index >= 15 is 0 Å². The maximum atomic E-state index is 10.6. The third kappa shape index (κ3) is 2.85. The van der Waals surface area contributed by atoms with E-state index < -0.39 is 6.10 Å². The van der Waals surface area contributed by atoms with Crippen LogP contribution in [-0.4, -0.2) is 10.1 Å². The summed E-state index contributed by atoms with van der Waals surface area (Å²) >= 11 is 3.57. The number of aliphatic hydroxyl groups excluding tert-OH is 1. The fourth-order valence-electron chi connectivity index (χ4n) is 2.58. The zero-order valence-electron chi connectivity index (χ0n) is 11.8. The summed E-state index contributed by atoms with van der Waals surface area (Å²) in [4.78, 5) is 4.36. The molecule has 0 spiro atoms. The molecule has 1 N–H and O–H groups in total. The number of hydrogen-bond donors (Lipinski definition) is 1. The number of aromatic nitrogens is 1. The van der Waals surface area contributed by atoms with Gasteiger partial charge in [-0.3, -0.25) is 4.98 Å². The minimum atomic E-state index is -0.537. The topological polar surface area (TPSA) is 33.1 Å². The average molecular weight is 342 g/mol. The first-order valence-electron chi connectivity index (χ1n) is 6.92. The van der Waals surface area contributed by atoms with Crippen molar-refractivity contribution in [3.05, 3.63) is 75.9 Å². The highest BCUT2D eigenvalue weighted by Crippen LogP contribution is 2.30. The van der Waals surface area contributed by atoms with E-state index in [-0.39, 0.29) is 0 Å². The molecule has 0 aliphatic rings. The van der Waals surface area contributed by atoms with Crippen molar-refractivity contribution >= 4 is 26.8 Å². The molecule has 0 aliphatic heterocycles. The number of aliphatic hydroxyl groups is 1. The van der Waals surface area contributed by atoms with Gasteiger partial charge in [0, 0.05) is 22.5 Å². The third-order valence-electron chi connectivity index (χ3n) is 3.73. The van der Waals surface area contributed by atoms with E-state index in [0.717, 1.165) is 32.1 Å². The number of para-hydroxylation sites is 1. The number of aryl methyl sites for hydroxylation is 1. The van der Waals surface area contributed by atoms with Gasteiger partial charge in [0.15, 0.2) is 0 Å². The van der Waals surface area contributed by atoms with Crippen molar-refractivity contribution in [2.45, 2.75) is 19.4 Å². The number of fused-ring (bicyclic) bond motifs is 1. The number of rotatable bonds is 3. The second kappa shape index (κ2) is 5.96. The van der Waals surface area contributed by atoms with Crippen LogP contribution in [-0.2, 0) is 6.42 Å². The molecule has 3 rings (SSSR count). The Hall–Kier alpha value is -1.71. The van der Waals surface area contributed by atoms with Crippen molar-refractivity contribution in [2.75, 3.05) is 0 Å². The molecule has 1 unspecified atom stereocenters. The number of nitrogens with zero attached hydrogens (tertiary/aromatic N) is 1. The first-order valence-corrected chi connectivity index (χ1v) is 7.72. The molecule has 0 saturated heterocycles. The van der Waals surface area contributed by atoms with Crippen molar-refractivity contribution < 1.29 is 5.11 Å². The molecule has 1 atom stereocenters. The predicted molar refractivity (Wildman–Crippen MR) is 89.3 cm³/mol. The van der Waals surface area contributed by atoms with Crippen LogP contribution in [0.2, 0.25) is 0 Å². The molecule has 3 heteroatoms. The van der Waals surface area contributed by atoms with E-state index in [9.17, 15) is 5.11 Å². The molecular weight excluding hydrogens is 326 g/mol. The Balaban J connectivity index is 1.97. The van der Waals surface area contributed by atoms with Crippen LogP contribution < -0.4 is 0 Å². The van der Waals surface area contributed by atoms with Crippen LogP contribution >= 0.6 is 15.9 Å². The first-order chi connectivity index (χ1) is 10.2. The van der Waals surface area contributed by atoms with Gasteiger partial charge in [-0.15, -0.1) is 0 Å². The number of hydrogen-bond acceptors (Lipinski definition) is 2. The lowest BCUT2D eigenvalue weighted by Gasteiger charge is -2.15. The minimum absolute atomic E-state index is 0.537. The summed E-state index contributed by atoms with van der Waals surface area (Å²) in [5, 5.41) is 11.7. The molecule has 1 heterocycles. The fraction of sp³-hybridized carbons (Fsp3) is 0.167. The molecule has 0 amide bonds. The Kier molecular flexibility index (Phi) is 4.04. The summed E-state index contributed by atoms with van der Waals surface area (Å²) in [7, 11) is 0. The smallest absolute Gasteiger partial charge is 0.0841 e. The Bertz CT molecular complexity index is 780.